The summed E-state index contributed by atoms with van der Waals surface area (Å²) in [7, 11) is 0. The summed E-state index contributed by atoms with van der Waals surface area (Å²) in [6, 6.07) is 69.1. The van der Waals surface area contributed by atoms with Crippen LogP contribution in [0.4, 0.5) is 0 Å². The molecule has 1 aliphatic carbocycles. The van der Waals surface area contributed by atoms with Gasteiger partial charge in [-0.25, -0.2) is 0 Å². The molecule has 1 aliphatic rings. The highest BCUT2D eigenvalue weighted by atomic mass is 16.3. The van der Waals surface area contributed by atoms with Crippen LogP contribution in [-0.2, 0) is 11.8 Å². The van der Waals surface area contributed by atoms with E-state index in [1.165, 1.54) is 72.3 Å². The van der Waals surface area contributed by atoms with Gasteiger partial charge in [0, 0.05) is 22.1 Å². The van der Waals surface area contributed by atoms with Crippen molar-refractivity contribution in [2.75, 3.05) is 0 Å². The minimum absolute atomic E-state index is 0.00323. The quantitative estimate of drug-likeness (QED) is 0.153. The molecule has 0 amide bonds. The van der Waals surface area contributed by atoms with Crippen LogP contribution >= 0.6 is 0 Å². The largest absolute Gasteiger partial charge is 0.456 e. The van der Waals surface area contributed by atoms with Crippen LogP contribution < -0.4 is 0 Å². The summed E-state index contributed by atoms with van der Waals surface area (Å²) in [6.07, 6.45) is 2.02. The standard InChI is InChI=1S/C54H42O/c1-54(2)50-14-8-6-12-46(50)48-35-44(29-32-51(48)54)45(42-27-25-39(26-28-42)37-10-4-3-5-11-37)31-18-36-16-19-38(20-17-36)40-21-23-41(24-22-40)43-30-33-53-49(34-43)47-13-7-9-15-52(47)55-53/h3-17,19-30,32-35,45H,18,31H2,1-2H3. The van der Waals surface area contributed by atoms with Crippen molar-refractivity contribution in [3.63, 3.8) is 0 Å². The first-order valence-electron chi connectivity index (χ1n) is 19.5. The summed E-state index contributed by atoms with van der Waals surface area (Å²) in [5.74, 6) is 0.275. The molecule has 1 atom stereocenters. The zero-order chi connectivity index (χ0) is 36.9. The fourth-order valence-corrected chi connectivity index (χ4v) is 8.95. The van der Waals surface area contributed by atoms with Crippen molar-refractivity contribution in [1.82, 2.24) is 0 Å². The fraction of sp³-hybridized carbons (Fsp3) is 0.111. The lowest BCUT2D eigenvalue weighted by molar-refractivity contribution is 0.659. The maximum Gasteiger partial charge on any atom is 0.135 e. The second-order valence-electron chi connectivity index (χ2n) is 15.6. The Labute approximate surface area is 323 Å². The van der Waals surface area contributed by atoms with Gasteiger partial charge in [-0.15, -0.1) is 0 Å². The van der Waals surface area contributed by atoms with E-state index >= 15 is 0 Å². The van der Waals surface area contributed by atoms with Crippen LogP contribution in [0.1, 0.15) is 54.0 Å². The Morgan fingerprint density at radius 3 is 1.73 bits per heavy atom. The van der Waals surface area contributed by atoms with Crippen molar-refractivity contribution < 1.29 is 4.42 Å². The van der Waals surface area contributed by atoms with Gasteiger partial charge in [0.2, 0.25) is 0 Å². The Balaban J connectivity index is 0.910. The molecular weight excluding hydrogens is 665 g/mol. The fourth-order valence-electron chi connectivity index (χ4n) is 8.95. The molecule has 0 spiro atoms. The van der Waals surface area contributed by atoms with Crippen molar-refractivity contribution in [3.8, 4) is 44.5 Å². The van der Waals surface area contributed by atoms with E-state index in [1.807, 2.05) is 12.1 Å². The molecule has 1 aromatic heterocycles. The minimum Gasteiger partial charge on any atom is -0.456 e. The molecule has 264 valence electrons. The highest BCUT2D eigenvalue weighted by Crippen LogP contribution is 2.49. The first-order valence-corrected chi connectivity index (χ1v) is 19.5. The second-order valence-corrected chi connectivity index (χ2v) is 15.6. The van der Waals surface area contributed by atoms with Gasteiger partial charge < -0.3 is 4.42 Å². The van der Waals surface area contributed by atoms with E-state index in [-0.39, 0.29) is 11.3 Å². The third-order valence-electron chi connectivity index (χ3n) is 12.0. The molecule has 1 unspecified atom stereocenters. The number of rotatable bonds is 8. The summed E-state index contributed by atoms with van der Waals surface area (Å²) in [6.45, 7) is 4.72. The van der Waals surface area contributed by atoms with E-state index in [0.717, 1.165) is 34.8 Å². The van der Waals surface area contributed by atoms with E-state index in [2.05, 4.69) is 190 Å². The molecule has 1 heterocycles. The smallest absolute Gasteiger partial charge is 0.135 e. The minimum atomic E-state index is 0.00323. The van der Waals surface area contributed by atoms with Gasteiger partial charge in [0.05, 0.1) is 0 Å². The Kier molecular flexibility index (Phi) is 8.11. The Morgan fingerprint density at radius 1 is 0.418 bits per heavy atom. The Morgan fingerprint density at radius 2 is 0.964 bits per heavy atom. The maximum absolute atomic E-state index is 6.06. The van der Waals surface area contributed by atoms with Gasteiger partial charge in [-0.3, -0.25) is 0 Å². The van der Waals surface area contributed by atoms with Crippen molar-refractivity contribution in [3.05, 3.63) is 216 Å². The predicted molar refractivity (Wildman–Crippen MR) is 231 cm³/mol. The average molecular weight is 707 g/mol. The summed E-state index contributed by atoms with van der Waals surface area (Å²) in [5, 5.41) is 2.31. The lowest BCUT2D eigenvalue weighted by Gasteiger charge is -2.23. The Bertz CT molecular complexity index is 2800. The third kappa shape index (κ3) is 5.97. The third-order valence-corrected chi connectivity index (χ3v) is 12.0. The molecule has 0 saturated carbocycles. The number of hydrogen-bond acceptors (Lipinski definition) is 1. The van der Waals surface area contributed by atoms with Gasteiger partial charge in [-0.1, -0.05) is 184 Å². The topological polar surface area (TPSA) is 13.1 Å². The molecular formula is C54H42O. The van der Waals surface area contributed by atoms with Gasteiger partial charge in [0.15, 0.2) is 0 Å². The van der Waals surface area contributed by atoms with Crippen molar-refractivity contribution >= 4 is 21.9 Å². The van der Waals surface area contributed by atoms with Crippen molar-refractivity contribution in [2.24, 2.45) is 0 Å². The van der Waals surface area contributed by atoms with Crippen LogP contribution in [0.25, 0.3) is 66.4 Å². The average Bonchev–Trinajstić information content (AvgIpc) is 3.73. The molecule has 1 nitrogen and oxygen atoms in total. The van der Waals surface area contributed by atoms with Crippen LogP contribution in [0.15, 0.2) is 192 Å². The van der Waals surface area contributed by atoms with Crippen LogP contribution in [0.2, 0.25) is 0 Å². The zero-order valence-corrected chi connectivity index (χ0v) is 31.3. The molecule has 55 heavy (non-hydrogen) atoms. The molecule has 10 rings (SSSR count). The van der Waals surface area contributed by atoms with Crippen LogP contribution in [-0.4, -0.2) is 0 Å². The second kappa shape index (κ2) is 13.4. The summed E-state index contributed by atoms with van der Waals surface area (Å²) in [4.78, 5) is 0. The van der Waals surface area contributed by atoms with Gasteiger partial charge in [0.1, 0.15) is 11.2 Å². The Hall–Kier alpha value is -6.44. The summed E-state index contributed by atoms with van der Waals surface area (Å²) < 4.78 is 6.06. The van der Waals surface area contributed by atoms with Crippen LogP contribution in [0.5, 0.6) is 0 Å². The first kappa shape index (κ1) is 33.2. The lowest BCUT2D eigenvalue weighted by Crippen LogP contribution is -2.15. The number of hydrogen-bond donors (Lipinski definition) is 0. The van der Waals surface area contributed by atoms with E-state index in [9.17, 15) is 0 Å². The van der Waals surface area contributed by atoms with Crippen molar-refractivity contribution in [1.29, 1.82) is 0 Å². The normalized spacial score (nSPS) is 13.5. The molecule has 8 aromatic carbocycles. The number of fused-ring (bicyclic) bond motifs is 6. The molecule has 1 heteroatoms. The van der Waals surface area contributed by atoms with Gasteiger partial charge in [0.25, 0.3) is 0 Å². The van der Waals surface area contributed by atoms with E-state index in [4.69, 9.17) is 4.42 Å². The van der Waals surface area contributed by atoms with E-state index in [0.29, 0.717) is 0 Å². The van der Waals surface area contributed by atoms with Gasteiger partial charge in [-0.2, -0.15) is 0 Å². The van der Waals surface area contributed by atoms with Gasteiger partial charge in [-0.05, 0) is 103 Å². The molecule has 0 radical (unpaired) electrons. The number of benzene rings is 8. The summed E-state index contributed by atoms with van der Waals surface area (Å²) >= 11 is 0. The molecule has 0 aliphatic heterocycles. The zero-order valence-electron chi connectivity index (χ0n) is 31.3. The SMILES string of the molecule is CC1(C)c2ccccc2-c2cc(C(CCc3ccc(-c4ccc(-c5ccc6oc7ccccc7c6c5)cc4)cc3)c3ccc(-c4ccccc4)cc3)ccc21. The molecule has 0 bridgehead atoms. The maximum atomic E-state index is 6.06. The lowest BCUT2D eigenvalue weighted by atomic mass is 9.80. The highest BCUT2D eigenvalue weighted by Gasteiger charge is 2.35. The molecule has 9 aromatic rings. The summed E-state index contributed by atoms with van der Waals surface area (Å²) in [5.41, 5.74) is 18.9. The van der Waals surface area contributed by atoms with Crippen LogP contribution in [0.3, 0.4) is 0 Å². The number of aryl methyl sites for hydroxylation is 1. The first-order chi connectivity index (χ1) is 27.0. The van der Waals surface area contributed by atoms with Crippen molar-refractivity contribution in [2.45, 2.75) is 38.0 Å². The molecule has 0 saturated heterocycles. The number of furan rings is 1. The van der Waals surface area contributed by atoms with E-state index < -0.39 is 0 Å². The predicted octanol–water partition coefficient (Wildman–Crippen LogP) is 14.7. The van der Waals surface area contributed by atoms with Gasteiger partial charge >= 0.3 is 0 Å². The number of para-hydroxylation sites is 1. The molecule has 0 fully saturated rings. The highest BCUT2D eigenvalue weighted by molar-refractivity contribution is 6.06. The van der Waals surface area contributed by atoms with Crippen LogP contribution in [0, 0.1) is 0 Å². The van der Waals surface area contributed by atoms with E-state index in [1.54, 1.807) is 0 Å². The molecule has 0 N–H and O–H groups in total. The monoisotopic (exact) mass is 706 g/mol.